The van der Waals surface area contributed by atoms with Crippen LogP contribution in [0.5, 0.6) is 0 Å². The average molecular weight is 317 g/mol. The number of piperidine rings is 1. The Labute approximate surface area is 138 Å². The maximum Gasteiger partial charge on any atom is 0.253 e. The van der Waals surface area contributed by atoms with Crippen LogP contribution in [0.25, 0.3) is 0 Å². The maximum absolute atomic E-state index is 12.4. The molecule has 0 bridgehead atoms. The summed E-state index contributed by atoms with van der Waals surface area (Å²) in [4.78, 5) is 26.5. The van der Waals surface area contributed by atoms with Crippen LogP contribution in [0.1, 0.15) is 44.0 Å². The fourth-order valence-electron chi connectivity index (χ4n) is 2.96. The van der Waals surface area contributed by atoms with Crippen LogP contribution in [0.3, 0.4) is 0 Å². The predicted octanol–water partition coefficient (Wildman–Crippen LogP) is 2.50. The molecule has 2 atom stereocenters. The molecule has 5 heteroatoms. The maximum atomic E-state index is 12.4. The highest BCUT2D eigenvalue weighted by Crippen LogP contribution is 2.18. The second kappa shape index (κ2) is 8.11. The van der Waals surface area contributed by atoms with Gasteiger partial charge in [-0.1, -0.05) is 13.0 Å². The van der Waals surface area contributed by atoms with Crippen LogP contribution < -0.4 is 10.6 Å². The lowest BCUT2D eigenvalue weighted by Crippen LogP contribution is -2.45. The van der Waals surface area contributed by atoms with Crippen LogP contribution in [-0.4, -0.2) is 42.4 Å². The number of hydrogen-bond donors (Lipinski definition) is 2. The fraction of sp³-hybridized carbons (Fsp3) is 0.556. The number of carbonyl (C=O) groups excluding carboxylic acids is 2. The lowest BCUT2D eigenvalue weighted by atomic mass is 9.94. The largest absolute Gasteiger partial charge is 0.339 e. The molecule has 1 aromatic carbocycles. The topological polar surface area (TPSA) is 61.4 Å². The second-order valence-corrected chi connectivity index (χ2v) is 6.18. The number of anilines is 1. The molecule has 0 aromatic heterocycles. The van der Waals surface area contributed by atoms with E-state index in [9.17, 15) is 9.59 Å². The van der Waals surface area contributed by atoms with E-state index in [2.05, 4.69) is 17.6 Å². The Kier molecular flexibility index (Phi) is 6.16. The second-order valence-electron chi connectivity index (χ2n) is 6.18. The van der Waals surface area contributed by atoms with Crippen molar-refractivity contribution in [2.24, 2.45) is 5.92 Å². The van der Waals surface area contributed by atoms with E-state index < -0.39 is 0 Å². The molecule has 1 aromatic rings. The van der Waals surface area contributed by atoms with Crippen molar-refractivity contribution >= 4 is 17.5 Å². The van der Waals surface area contributed by atoms with E-state index >= 15 is 0 Å². The van der Waals surface area contributed by atoms with Gasteiger partial charge in [0.2, 0.25) is 5.91 Å². The molecular formula is C18H27N3O2. The van der Waals surface area contributed by atoms with Gasteiger partial charge in [0.25, 0.3) is 5.91 Å². The molecule has 1 aliphatic rings. The molecule has 2 unspecified atom stereocenters. The van der Waals surface area contributed by atoms with Gasteiger partial charge >= 0.3 is 0 Å². The minimum atomic E-state index is -0.152. The summed E-state index contributed by atoms with van der Waals surface area (Å²) in [7, 11) is 0. The zero-order valence-electron chi connectivity index (χ0n) is 14.3. The van der Waals surface area contributed by atoms with E-state index in [1.165, 1.54) is 0 Å². The van der Waals surface area contributed by atoms with Gasteiger partial charge in [-0.05, 0) is 57.4 Å². The van der Waals surface area contributed by atoms with Crippen molar-refractivity contribution in [1.82, 2.24) is 10.2 Å². The molecule has 0 saturated carbocycles. The number of carbonyl (C=O) groups is 2. The standard InChI is InChI=1S/C18H27N3O2/c1-4-21(5-2)18(23)14-7-6-8-15(12-14)20-17(22)16-11-13(3)9-10-19-16/h6-8,12-13,16,19H,4-5,9-11H2,1-3H3,(H,20,22). The van der Waals surface area contributed by atoms with E-state index in [1.807, 2.05) is 26.0 Å². The molecular weight excluding hydrogens is 290 g/mol. The summed E-state index contributed by atoms with van der Waals surface area (Å²) in [6.07, 6.45) is 1.96. The molecule has 1 saturated heterocycles. The number of rotatable bonds is 5. The number of amides is 2. The summed E-state index contributed by atoms with van der Waals surface area (Å²) in [5, 5.41) is 6.19. The molecule has 1 heterocycles. The minimum absolute atomic E-state index is 0.00416. The van der Waals surface area contributed by atoms with Crippen LogP contribution in [0.15, 0.2) is 24.3 Å². The normalized spacial score (nSPS) is 20.8. The van der Waals surface area contributed by atoms with Crippen LogP contribution in [0, 0.1) is 5.92 Å². The average Bonchev–Trinajstić information content (AvgIpc) is 2.56. The molecule has 2 amide bonds. The van der Waals surface area contributed by atoms with Crippen LogP contribution in [0.2, 0.25) is 0 Å². The monoisotopic (exact) mass is 317 g/mol. The Bertz CT molecular complexity index is 555. The summed E-state index contributed by atoms with van der Waals surface area (Å²) in [6.45, 7) is 8.32. The molecule has 5 nitrogen and oxygen atoms in total. The summed E-state index contributed by atoms with van der Waals surface area (Å²) >= 11 is 0. The minimum Gasteiger partial charge on any atom is -0.339 e. The summed E-state index contributed by atoms with van der Waals surface area (Å²) < 4.78 is 0. The number of benzene rings is 1. The van der Waals surface area contributed by atoms with E-state index in [-0.39, 0.29) is 17.9 Å². The lowest BCUT2D eigenvalue weighted by molar-refractivity contribution is -0.119. The molecule has 2 N–H and O–H groups in total. The molecule has 126 valence electrons. The Morgan fingerprint density at radius 2 is 2.04 bits per heavy atom. The van der Waals surface area contributed by atoms with Crippen LogP contribution >= 0.6 is 0 Å². The lowest BCUT2D eigenvalue weighted by Gasteiger charge is -2.27. The highest BCUT2D eigenvalue weighted by atomic mass is 16.2. The fourth-order valence-corrected chi connectivity index (χ4v) is 2.96. The van der Waals surface area contributed by atoms with Crippen molar-refractivity contribution in [3.8, 4) is 0 Å². The van der Waals surface area contributed by atoms with E-state index in [1.54, 1.807) is 17.0 Å². The Hall–Kier alpha value is -1.88. The smallest absolute Gasteiger partial charge is 0.253 e. The van der Waals surface area contributed by atoms with Gasteiger partial charge in [0.05, 0.1) is 6.04 Å². The Morgan fingerprint density at radius 3 is 2.70 bits per heavy atom. The Balaban J connectivity index is 2.05. The summed E-state index contributed by atoms with van der Waals surface area (Å²) in [6, 6.07) is 7.02. The van der Waals surface area contributed by atoms with Gasteiger partial charge < -0.3 is 15.5 Å². The number of hydrogen-bond acceptors (Lipinski definition) is 3. The first-order valence-electron chi connectivity index (χ1n) is 8.48. The first kappa shape index (κ1) is 17.5. The van der Waals surface area contributed by atoms with Crippen LogP contribution in [0.4, 0.5) is 5.69 Å². The van der Waals surface area contributed by atoms with Gasteiger partial charge in [0, 0.05) is 24.3 Å². The first-order chi connectivity index (χ1) is 11.0. The molecule has 0 spiro atoms. The highest BCUT2D eigenvalue weighted by Gasteiger charge is 2.24. The summed E-state index contributed by atoms with van der Waals surface area (Å²) in [5.74, 6) is 0.530. The van der Waals surface area contributed by atoms with E-state index in [0.29, 0.717) is 30.3 Å². The SMILES string of the molecule is CCN(CC)C(=O)c1cccc(NC(=O)C2CC(C)CCN2)c1. The zero-order chi connectivity index (χ0) is 16.8. The van der Waals surface area contributed by atoms with Crippen molar-refractivity contribution in [1.29, 1.82) is 0 Å². The molecule has 0 aliphatic carbocycles. The van der Waals surface area contributed by atoms with Crippen molar-refractivity contribution in [2.75, 3.05) is 25.0 Å². The highest BCUT2D eigenvalue weighted by molar-refractivity contribution is 5.98. The van der Waals surface area contributed by atoms with Gasteiger partial charge in [0.15, 0.2) is 0 Å². The van der Waals surface area contributed by atoms with Gasteiger partial charge in [-0.3, -0.25) is 9.59 Å². The van der Waals surface area contributed by atoms with Crippen molar-refractivity contribution in [2.45, 2.75) is 39.7 Å². The van der Waals surface area contributed by atoms with Gasteiger partial charge in [-0.15, -0.1) is 0 Å². The van der Waals surface area contributed by atoms with E-state index in [0.717, 1.165) is 19.4 Å². The first-order valence-corrected chi connectivity index (χ1v) is 8.48. The molecule has 1 aliphatic heterocycles. The van der Waals surface area contributed by atoms with Crippen molar-refractivity contribution in [3.05, 3.63) is 29.8 Å². The quantitative estimate of drug-likeness (QED) is 0.877. The van der Waals surface area contributed by atoms with E-state index in [4.69, 9.17) is 0 Å². The Morgan fingerprint density at radius 1 is 1.30 bits per heavy atom. The zero-order valence-corrected chi connectivity index (χ0v) is 14.3. The van der Waals surface area contributed by atoms with Crippen molar-refractivity contribution in [3.63, 3.8) is 0 Å². The summed E-state index contributed by atoms with van der Waals surface area (Å²) in [5.41, 5.74) is 1.28. The van der Waals surface area contributed by atoms with Crippen LogP contribution in [-0.2, 0) is 4.79 Å². The van der Waals surface area contributed by atoms with Gasteiger partial charge in [0.1, 0.15) is 0 Å². The van der Waals surface area contributed by atoms with Gasteiger partial charge in [-0.2, -0.15) is 0 Å². The third-order valence-corrected chi connectivity index (χ3v) is 4.41. The predicted molar refractivity (Wildman–Crippen MR) is 92.5 cm³/mol. The third kappa shape index (κ3) is 4.55. The van der Waals surface area contributed by atoms with Crippen molar-refractivity contribution < 1.29 is 9.59 Å². The number of nitrogens with zero attached hydrogens (tertiary/aromatic N) is 1. The molecule has 2 rings (SSSR count). The van der Waals surface area contributed by atoms with Gasteiger partial charge in [-0.25, -0.2) is 0 Å². The number of nitrogens with one attached hydrogen (secondary N) is 2. The molecule has 0 radical (unpaired) electrons. The third-order valence-electron chi connectivity index (χ3n) is 4.41. The molecule has 23 heavy (non-hydrogen) atoms. The molecule has 1 fully saturated rings.